The SMILES string of the molecule is COc1cc(/C=C2\SC(N3CCN(c4ncccc4Cl)CC3)=NC2=O)ccc1O. The Morgan fingerprint density at radius 1 is 1.21 bits per heavy atom. The van der Waals surface area contributed by atoms with Crippen molar-refractivity contribution in [2.24, 2.45) is 4.99 Å². The summed E-state index contributed by atoms with van der Waals surface area (Å²) < 4.78 is 5.12. The molecule has 1 saturated heterocycles. The number of aliphatic imine (C=N–C) groups is 1. The average Bonchev–Trinajstić information content (AvgIpc) is 3.10. The highest BCUT2D eigenvalue weighted by Crippen LogP contribution is 2.33. The molecule has 3 heterocycles. The van der Waals surface area contributed by atoms with E-state index in [-0.39, 0.29) is 11.7 Å². The number of rotatable bonds is 3. The molecule has 1 aromatic carbocycles. The summed E-state index contributed by atoms with van der Waals surface area (Å²) in [5.41, 5.74) is 0.765. The van der Waals surface area contributed by atoms with E-state index in [0.717, 1.165) is 37.6 Å². The molecule has 1 aromatic heterocycles. The maximum absolute atomic E-state index is 12.4. The first-order valence-electron chi connectivity index (χ1n) is 9.05. The van der Waals surface area contributed by atoms with E-state index in [1.807, 2.05) is 12.1 Å². The number of aromatic nitrogens is 1. The molecule has 2 aromatic rings. The Balaban J connectivity index is 1.42. The molecule has 2 aliphatic heterocycles. The van der Waals surface area contributed by atoms with E-state index in [1.165, 1.54) is 18.9 Å². The first kappa shape index (κ1) is 19.6. The Morgan fingerprint density at radius 2 is 1.97 bits per heavy atom. The van der Waals surface area contributed by atoms with Gasteiger partial charge in [-0.05, 0) is 47.7 Å². The van der Waals surface area contributed by atoms with E-state index in [2.05, 4.69) is 19.8 Å². The number of amidine groups is 1. The van der Waals surface area contributed by atoms with Crippen molar-refractivity contribution in [3.8, 4) is 11.5 Å². The van der Waals surface area contributed by atoms with Gasteiger partial charge in [0.15, 0.2) is 16.7 Å². The summed E-state index contributed by atoms with van der Waals surface area (Å²) in [6.45, 7) is 2.95. The number of ether oxygens (including phenoxy) is 1. The number of benzene rings is 1. The standard InChI is InChI=1S/C20H19ClN4O3S/c1-28-16-11-13(4-5-15(16)26)12-17-19(27)23-20(29-17)25-9-7-24(8-10-25)18-14(21)3-2-6-22-18/h2-6,11-12,26H,7-10H2,1H3/b17-12-. The highest BCUT2D eigenvalue weighted by molar-refractivity contribution is 8.18. The lowest BCUT2D eigenvalue weighted by Crippen LogP contribution is -2.48. The Kier molecular flexibility index (Phi) is 5.64. The van der Waals surface area contributed by atoms with Crippen molar-refractivity contribution < 1.29 is 14.6 Å². The van der Waals surface area contributed by atoms with Gasteiger partial charge < -0.3 is 19.6 Å². The molecular formula is C20H19ClN4O3S. The van der Waals surface area contributed by atoms with Crippen molar-refractivity contribution in [1.82, 2.24) is 9.88 Å². The number of amides is 1. The van der Waals surface area contributed by atoms with Crippen LogP contribution in [0.25, 0.3) is 6.08 Å². The highest BCUT2D eigenvalue weighted by Gasteiger charge is 2.29. The molecule has 4 rings (SSSR count). The number of methoxy groups -OCH3 is 1. The van der Waals surface area contributed by atoms with Crippen molar-refractivity contribution in [2.75, 3.05) is 38.2 Å². The third-order valence-corrected chi connectivity index (χ3v) is 6.04. The number of halogens is 1. The maximum atomic E-state index is 12.4. The van der Waals surface area contributed by atoms with Crippen LogP contribution in [-0.4, -0.2) is 59.4 Å². The molecule has 0 saturated carbocycles. The van der Waals surface area contributed by atoms with E-state index >= 15 is 0 Å². The maximum Gasteiger partial charge on any atom is 0.286 e. The van der Waals surface area contributed by atoms with Gasteiger partial charge in [0.2, 0.25) is 0 Å². The summed E-state index contributed by atoms with van der Waals surface area (Å²) in [6, 6.07) is 8.60. The highest BCUT2D eigenvalue weighted by atomic mass is 35.5. The lowest BCUT2D eigenvalue weighted by molar-refractivity contribution is -0.113. The summed E-state index contributed by atoms with van der Waals surface area (Å²) in [7, 11) is 1.49. The van der Waals surface area contributed by atoms with Crippen LogP contribution in [0, 0.1) is 0 Å². The van der Waals surface area contributed by atoms with Gasteiger partial charge in [-0.1, -0.05) is 17.7 Å². The first-order chi connectivity index (χ1) is 14.0. The lowest BCUT2D eigenvalue weighted by atomic mass is 10.2. The number of carbonyl (C=O) groups is 1. The fourth-order valence-electron chi connectivity index (χ4n) is 3.19. The Labute approximate surface area is 177 Å². The minimum Gasteiger partial charge on any atom is -0.504 e. The van der Waals surface area contributed by atoms with Crippen LogP contribution in [0.15, 0.2) is 46.4 Å². The summed E-state index contributed by atoms with van der Waals surface area (Å²) in [4.78, 5) is 25.7. The second kappa shape index (κ2) is 8.34. The molecule has 0 aliphatic carbocycles. The molecule has 0 radical (unpaired) electrons. The Bertz CT molecular complexity index is 1000. The summed E-state index contributed by atoms with van der Waals surface area (Å²) in [5.74, 6) is 0.947. The number of anilines is 1. The molecule has 0 atom stereocenters. The molecule has 1 amide bonds. The van der Waals surface area contributed by atoms with Crippen molar-refractivity contribution >= 4 is 46.3 Å². The second-order valence-corrected chi connectivity index (χ2v) is 7.94. The Hall–Kier alpha value is -2.71. The van der Waals surface area contributed by atoms with Gasteiger partial charge in [0.05, 0.1) is 17.0 Å². The van der Waals surface area contributed by atoms with Gasteiger partial charge in [0, 0.05) is 32.4 Å². The van der Waals surface area contributed by atoms with Crippen LogP contribution in [-0.2, 0) is 4.79 Å². The number of phenols is 1. The lowest BCUT2D eigenvalue weighted by Gasteiger charge is -2.36. The summed E-state index contributed by atoms with van der Waals surface area (Å²) >= 11 is 7.61. The number of nitrogens with zero attached hydrogens (tertiary/aromatic N) is 4. The molecule has 1 fully saturated rings. The molecule has 0 unspecified atom stereocenters. The zero-order valence-corrected chi connectivity index (χ0v) is 17.3. The molecule has 150 valence electrons. The van der Waals surface area contributed by atoms with Crippen LogP contribution in [0.4, 0.5) is 5.82 Å². The van der Waals surface area contributed by atoms with E-state index < -0.39 is 0 Å². The van der Waals surface area contributed by atoms with Gasteiger partial charge in [-0.2, -0.15) is 4.99 Å². The van der Waals surface area contributed by atoms with E-state index in [0.29, 0.717) is 20.8 Å². The third-order valence-electron chi connectivity index (χ3n) is 4.70. The van der Waals surface area contributed by atoms with Crippen LogP contribution in [0.2, 0.25) is 5.02 Å². The molecule has 9 heteroatoms. The zero-order valence-electron chi connectivity index (χ0n) is 15.7. The number of thioether (sulfide) groups is 1. The zero-order chi connectivity index (χ0) is 20.4. The molecule has 7 nitrogen and oxygen atoms in total. The van der Waals surface area contributed by atoms with Crippen molar-refractivity contribution in [3.63, 3.8) is 0 Å². The molecule has 2 aliphatic rings. The molecule has 0 bridgehead atoms. The smallest absolute Gasteiger partial charge is 0.286 e. The van der Waals surface area contributed by atoms with Gasteiger partial charge in [-0.3, -0.25) is 4.79 Å². The normalized spacial score (nSPS) is 18.3. The first-order valence-corrected chi connectivity index (χ1v) is 10.2. The van der Waals surface area contributed by atoms with Gasteiger partial charge in [0.1, 0.15) is 5.82 Å². The predicted molar refractivity (Wildman–Crippen MR) is 116 cm³/mol. The summed E-state index contributed by atoms with van der Waals surface area (Å²) in [6.07, 6.45) is 3.49. The predicted octanol–water partition coefficient (Wildman–Crippen LogP) is 3.24. The van der Waals surface area contributed by atoms with Crippen LogP contribution in [0.3, 0.4) is 0 Å². The number of hydrogen-bond acceptors (Lipinski definition) is 7. The van der Waals surface area contributed by atoms with Gasteiger partial charge in [-0.15, -0.1) is 0 Å². The van der Waals surface area contributed by atoms with E-state index in [9.17, 15) is 9.90 Å². The van der Waals surface area contributed by atoms with Gasteiger partial charge in [0.25, 0.3) is 5.91 Å². The number of piperazine rings is 1. The van der Waals surface area contributed by atoms with Crippen LogP contribution in [0.5, 0.6) is 11.5 Å². The topological polar surface area (TPSA) is 78.3 Å². The fourth-order valence-corrected chi connectivity index (χ4v) is 4.39. The monoisotopic (exact) mass is 430 g/mol. The summed E-state index contributed by atoms with van der Waals surface area (Å²) in [5, 5.41) is 11.1. The van der Waals surface area contributed by atoms with Gasteiger partial charge >= 0.3 is 0 Å². The second-order valence-electron chi connectivity index (χ2n) is 6.52. The minimum atomic E-state index is -0.257. The number of phenolic OH excluding ortho intramolecular Hbond substituents is 1. The fraction of sp³-hybridized carbons (Fsp3) is 0.250. The molecule has 29 heavy (non-hydrogen) atoms. The van der Waals surface area contributed by atoms with Crippen LogP contribution < -0.4 is 9.64 Å². The quantitative estimate of drug-likeness (QED) is 0.749. The number of hydrogen-bond donors (Lipinski definition) is 1. The average molecular weight is 431 g/mol. The van der Waals surface area contributed by atoms with E-state index in [1.54, 1.807) is 30.5 Å². The van der Waals surface area contributed by atoms with Crippen molar-refractivity contribution in [2.45, 2.75) is 0 Å². The van der Waals surface area contributed by atoms with Gasteiger partial charge in [-0.25, -0.2) is 4.98 Å². The van der Waals surface area contributed by atoms with Crippen LogP contribution >= 0.6 is 23.4 Å². The molecular weight excluding hydrogens is 412 g/mol. The molecule has 0 spiro atoms. The largest absolute Gasteiger partial charge is 0.504 e. The Morgan fingerprint density at radius 3 is 2.69 bits per heavy atom. The minimum absolute atomic E-state index is 0.0582. The number of pyridine rings is 1. The number of carbonyl (C=O) groups excluding carboxylic acids is 1. The molecule has 1 N–H and O–H groups in total. The van der Waals surface area contributed by atoms with Crippen LogP contribution in [0.1, 0.15) is 5.56 Å². The number of aromatic hydroxyl groups is 1. The van der Waals surface area contributed by atoms with E-state index in [4.69, 9.17) is 16.3 Å². The van der Waals surface area contributed by atoms with Crippen molar-refractivity contribution in [1.29, 1.82) is 0 Å². The third kappa shape index (κ3) is 4.18. The van der Waals surface area contributed by atoms with Crippen molar-refractivity contribution in [3.05, 3.63) is 52.0 Å².